The topological polar surface area (TPSA) is 90.0 Å². The molecule has 120 valence electrons. The van der Waals surface area contributed by atoms with Gasteiger partial charge in [0.2, 0.25) is 0 Å². The van der Waals surface area contributed by atoms with Gasteiger partial charge >= 0.3 is 6.03 Å². The smallest absolute Gasteiger partial charge is 0.314 e. The number of thiophene rings is 1. The summed E-state index contributed by atoms with van der Waals surface area (Å²) in [6.45, 7) is 4.44. The zero-order chi connectivity index (χ0) is 16.0. The molecule has 0 aromatic carbocycles. The number of hydrogen-bond donors (Lipinski definition) is 4. The molecule has 0 aliphatic rings. The van der Waals surface area contributed by atoms with Crippen molar-refractivity contribution in [3.63, 3.8) is 0 Å². The second-order valence-electron chi connectivity index (χ2n) is 5.48. The predicted molar refractivity (Wildman–Crippen MR) is 86.9 cm³/mol. The summed E-state index contributed by atoms with van der Waals surface area (Å²) in [5.41, 5.74) is 1.19. The first-order valence-electron chi connectivity index (χ1n) is 7.26. The molecular weight excluding hydrogens is 300 g/mol. The van der Waals surface area contributed by atoms with Gasteiger partial charge in [-0.25, -0.2) is 4.79 Å². The van der Waals surface area contributed by atoms with E-state index in [2.05, 4.69) is 20.8 Å². The average molecular weight is 322 g/mol. The number of aromatic nitrogens is 2. The van der Waals surface area contributed by atoms with Crippen LogP contribution in [0.2, 0.25) is 0 Å². The van der Waals surface area contributed by atoms with Crippen LogP contribution < -0.4 is 10.6 Å². The summed E-state index contributed by atoms with van der Waals surface area (Å²) in [5.74, 6) is 0. The maximum absolute atomic E-state index is 11.7. The molecule has 2 rings (SSSR count). The quantitative estimate of drug-likeness (QED) is 0.587. The largest absolute Gasteiger partial charge is 0.383 e. The van der Waals surface area contributed by atoms with Crippen LogP contribution in [-0.2, 0) is 12.0 Å². The van der Waals surface area contributed by atoms with Gasteiger partial charge in [0.05, 0.1) is 12.7 Å². The van der Waals surface area contributed by atoms with Crippen molar-refractivity contribution in [2.45, 2.75) is 32.3 Å². The molecule has 2 heterocycles. The first kappa shape index (κ1) is 16.5. The molecule has 6 nitrogen and oxygen atoms in total. The van der Waals surface area contributed by atoms with E-state index in [1.807, 2.05) is 30.6 Å². The third kappa shape index (κ3) is 4.57. The lowest BCUT2D eigenvalue weighted by molar-refractivity contribution is 0.0631. The summed E-state index contributed by atoms with van der Waals surface area (Å²) >= 11 is 1.47. The van der Waals surface area contributed by atoms with Gasteiger partial charge in [0.15, 0.2) is 0 Å². The van der Waals surface area contributed by atoms with E-state index in [1.165, 1.54) is 16.9 Å². The molecule has 0 fully saturated rings. The van der Waals surface area contributed by atoms with E-state index in [1.54, 1.807) is 6.92 Å². The Morgan fingerprint density at radius 2 is 2.32 bits per heavy atom. The van der Waals surface area contributed by atoms with E-state index in [0.29, 0.717) is 6.54 Å². The Morgan fingerprint density at radius 1 is 1.50 bits per heavy atom. The number of amides is 2. The standard InChI is InChI=1S/C15H22N4O2S/c1-11-12(9-18-19-11)5-3-7-16-14(20)17-10-15(2,21)13-6-4-8-22-13/h4,6,8-9,21H,3,5,7,10H2,1-2H3,(H,18,19)(H2,16,17,20). The Kier molecular flexibility index (Phi) is 5.57. The molecule has 0 saturated heterocycles. The van der Waals surface area contributed by atoms with Crippen LogP contribution in [0.3, 0.4) is 0 Å². The predicted octanol–water partition coefficient (Wildman–Crippen LogP) is 1.92. The fraction of sp³-hybridized carbons (Fsp3) is 0.467. The van der Waals surface area contributed by atoms with Crippen molar-refractivity contribution in [2.75, 3.05) is 13.1 Å². The highest BCUT2D eigenvalue weighted by molar-refractivity contribution is 7.10. The molecular formula is C15H22N4O2S. The zero-order valence-electron chi connectivity index (χ0n) is 12.8. The molecule has 4 N–H and O–H groups in total. The highest BCUT2D eigenvalue weighted by atomic mass is 32.1. The summed E-state index contributed by atoms with van der Waals surface area (Å²) < 4.78 is 0. The number of aliphatic hydroxyl groups is 1. The van der Waals surface area contributed by atoms with E-state index in [4.69, 9.17) is 0 Å². The Hall–Kier alpha value is -1.86. The maximum atomic E-state index is 11.7. The summed E-state index contributed by atoms with van der Waals surface area (Å²) in [6, 6.07) is 3.48. The normalized spacial score (nSPS) is 13.6. The van der Waals surface area contributed by atoms with Crippen molar-refractivity contribution in [1.82, 2.24) is 20.8 Å². The van der Waals surface area contributed by atoms with E-state index < -0.39 is 5.60 Å². The first-order valence-corrected chi connectivity index (χ1v) is 8.14. The number of urea groups is 1. The highest BCUT2D eigenvalue weighted by Gasteiger charge is 2.24. The first-order chi connectivity index (χ1) is 10.5. The Balaban J connectivity index is 1.65. The van der Waals surface area contributed by atoms with Gasteiger partial charge in [-0.3, -0.25) is 5.10 Å². The molecule has 0 spiro atoms. The van der Waals surface area contributed by atoms with Crippen LogP contribution >= 0.6 is 11.3 Å². The van der Waals surface area contributed by atoms with E-state index in [-0.39, 0.29) is 12.6 Å². The summed E-state index contributed by atoms with van der Waals surface area (Å²) in [7, 11) is 0. The summed E-state index contributed by atoms with van der Waals surface area (Å²) in [5, 5.41) is 24.6. The zero-order valence-corrected chi connectivity index (χ0v) is 13.7. The van der Waals surface area contributed by atoms with E-state index >= 15 is 0 Å². The summed E-state index contributed by atoms with van der Waals surface area (Å²) in [6.07, 6.45) is 3.53. The molecule has 2 aromatic rings. The number of nitrogens with one attached hydrogen (secondary N) is 3. The highest BCUT2D eigenvalue weighted by Crippen LogP contribution is 2.24. The third-order valence-electron chi connectivity index (χ3n) is 3.49. The van der Waals surface area contributed by atoms with Gasteiger partial charge < -0.3 is 15.7 Å². The van der Waals surface area contributed by atoms with Crippen LogP contribution in [-0.4, -0.2) is 34.4 Å². The van der Waals surface area contributed by atoms with Crippen molar-refractivity contribution in [2.24, 2.45) is 0 Å². The Bertz CT molecular complexity index is 592. The van der Waals surface area contributed by atoms with Gasteiger partial charge in [-0.05, 0) is 43.7 Å². The van der Waals surface area contributed by atoms with Crippen LogP contribution in [0.25, 0.3) is 0 Å². The minimum absolute atomic E-state index is 0.181. The van der Waals surface area contributed by atoms with Gasteiger partial charge in [0.1, 0.15) is 5.60 Å². The van der Waals surface area contributed by atoms with Crippen molar-refractivity contribution in [1.29, 1.82) is 0 Å². The molecule has 2 amide bonds. The van der Waals surface area contributed by atoms with Crippen LogP contribution in [0.5, 0.6) is 0 Å². The molecule has 0 bridgehead atoms. The number of aromatic amines is 1. The third-order valence-corrected chi connectivity index (χ3v) is 4.61. The molecule has 0 saturated carbocycles. The van der Waals surface area contributed by atoms with Gasteiger partial charge in [0.25, 0.3) is 0 Å². The minimum atomic E-state index is -1.04. The Labute approximate surface area is 134 Å². The van der Waals surface area contributed by atoms with Gasteiger partial charge in [-0.2, -0.15) is 5.10 Å². The minimum Gasteiger partial charge on any atom is -0.383 e. The maximum Gasteiger partial charge on any atom is 0.314 e. The lowest BCUT2D eigenvalue weighted by Crippen LogP contribution is -2.43. The lowest BCUT2D eigenvalue weighted by atomic mass is 10.1. The van der Waals surface area contributed by atoms with Gasteiger partial charge in [0, 0.05) is 17.1 Å². The second kappa shape index (κ2) is 7.42. The number of aryl methyl sites for hydroxylation is 2. The molecule has 0 radical (unpaired) electrons. The van der Waals surface area contributed by atoms with Gasteiger partial charge in [-0.15, -0.1) is 11.3 Å². The van der Waals surface area contributed by atoms with Crippen molar-refractivity contribution >= 4 is 17.4 Å². The summed E-state index contributed by atoms with van der Waals surface area (Å²) in [4.78, 5) is 12.6. The monoisotopic (exact) mass is 322 g/mol. The molecule has 22 heavy (non-hydrogen) atoms. The molecule has 1 atom stereocenters. The second-order valence-corrected chi connectivity index (χ2v) is 6.43. The number of carbonyl (C=O) groups is 1. The number of nitrogens with zero attached hydrogens (tertiary/aromatic N) is 1. The van der Waals surface area contributed by atoms with Crippen molar-refractivity contribution < 1.29 is 9.90 Å². The average Bonchev–Trinajstić information content (AvgIpc) is 3.14. The van der Waals surface area contributed by atoms with Crippen LogP contribution in [0.1, 0.15) is 29.5 Å². The van der Waals surface area contributed by atoms with Crippen LogP contribution in [0.4, 0.5) is 4.79 Å². The van der Waals surface area contributed by atoms with E-state index in [0.717, 1.165) is 23.4 Å². The van der Waals surface area contributed by atoms with Crippen LogP contribution in [0, 0.1) is 6.92 Å². The van der Waals surface area contributed by atoms with Crippen LogP contribution in [0.15, 0.2) is 23.7 Å². The number of rotatable bonds is 7. The number of carbonyl (C=O) groups excluding carboxylic acids is 1. The fourth-order valence-corrected chi connectivity index (χ4v) is 2.88. The lowest BCUT2D eigenvalue weighted by Gasteiger charge is -2.22. The van der Waals surface area contributed by atoms with E-state index in [9.17, 15) is 9.90 Å². The van der Waals surface area contributed by atoms with Crippen molar-refractivity contribution in [3.05, 3.63) is 39.8 Å². The van der Waals surface area contributed by atoms with Gasteiger partial charge in [-0.1, -0.05) is 6.07 Å². The fourth-order valence-electron chi connectivity index (χ4n) is 2.10. The molecule has 2 aromatic heterocycles. The number of H-pyrrole nitrogens is 1. The Morgan fingerprint density at radius 3 is 2.95 bits per heavy atom. The molecule has 7 heteroatoms. The molecule has 0 aliphatic carbocycles. The molecule has 0 aliphatic heterocycles. The molecule has 1 unspecified atom stereocenters. The number of hydrogen-bond acceptors (Lipinski definition) is 4. The SMILES string of the molecule is Cc1[nH]ncc1CCCNC(=O)NCC(C)(O)c1cccs1. The van der Waals surface area contributed by atoms with Crippen molar-refractivity contribution in [3.8, 4) is 0 Å².